The molecule has 1 aliphatic rings. The van der Waals surface area contributed by atoms with Crippen molar-refractivity contribution in [1.29, 1.82) is 0 Å². The van der Waals surface area contributed by atoms with E-state index in [1.165, 1.54) is 37.3 Å². The molecule has 200 valence electrons. The lowest BCUT2D eigenvalue weighted by Crippen LogP contribution is -2.41. The first-order valence-corrected chi connectivity index (χ1v) is 13.8. The summed E-state index contributed by atoms with van der Waals surface area (Å²) in [5.41, 5.74) is -2.15. The maximum Gasteiger partial charge on any atom is 0.434 e. The van der Waals surface area contributed by atoms with Crippen LogP contribution in [0.2, 0.25) is 10.0 Å². The van der Waals surface area contributed by atoms with E-state index in [0.717, 1.165) is 15.9 Å². The second-order valence-corrected chi connectivity index (χ2v) is 10.9. The number of esters is 1. The summed E-state index contributed by atoms with van der Waals surface area (Å²) in [6.45, 7) is 3.44. The number of hydrogen-bond donors (Lipinski definition) is 0. The Balaban J connectivity index is 2.06. The molecule has 0 aliphatic carbocycles. The van der Waals surface area contributed by atoms with Crippen molar-refractivity contribution in [2.24, 2.45) is 4.99 Å². The van der Waals surface area contributed by atoms with Gasteiger partial charge in [0.25, 0.3) is 5.56 Å². The predicted molar refractivity (Wildman–Crippen MR) is 148 cm³/mol. The molecule has 2 aromatic carbocycles. The summed E-state index contributed by atoms with van der Waals surface area (Å²) in [7, 11) is 0. The van der Waals surface area contributed by atoms with Gasteiger partial charge in [-0.15, -0.1) is 0 Å². The zero-order valence-corrected chi connectivity index (χ0v) is 24.2. The van der Waals surface area contributed by atoms with Crippen molar-refractivity contribution in [3.8, 4) is 5.75 Å². The van der Waals surface area contributed by atoms with Crippen LogP contribution in [-0.4, -0.2) is 29.9 Å². The molecule has 1 atom stereocenters. The van der Waals surface area contributed by atoms with Crippen molar-refractivity contribution >= 4 is 69.2 Å². The fourth-order valence-electron chi connectivity index (χ4n) is 3.93. The lowest BCUT2D eigenvalue weighted by molar-refractivity contribution is -0.140. The first kappa shape index (κ1) is 28.7. The largest absolute Gasteiger partial charge is 0.492 e. The van der Waals surface area contributed by atoms with E-state index in [9.17, 15) is 22.8 Å². The topological polar surface area (TPSA) is 69.9 Å². The van der Waals surface area contributed by atoms with Crippen LogP contribution in [0.3, 0.4) is 0 Å². The Morgan fingerprint density at radius 1 is 1.16 bits per heavy atom. The molecule has 0 radical (unpaired) electrons. The van der Waals surface area contributed by atoms with Gasteiger partial charge in [0.1, 0.15) is 5.75 Å². The summed E-state index contributed by atoms with van der Waals surface area (Å²) in [6.07, 6.45) is -3.50. The number of fused-ring (bicyclic) bond motifs is 1. The third kappa shape index (κ3) is 5.65. The number of halogens is 6. The van der Waals surface area contributed by atoms with E-state index in [4.69, 9.17) is 32.7 Å². The molecule has 0 bridgehead atoms. The molecule has 0 spiro atoms. The Morgan fingerprint density at radius 2 is 1.84 bits per heavy atom. The fourth-order valence-corrected chi connectivity index (χ4v) is 6.26. The van der Waals surface area contributed by atoms with Crippen LogP contribution in [0.25, 0.3) is 6.08 Å². The highest BCUT2D eigenvalue weighted by atomic mass is 127. The van der Waals surface area contributed by atoms with Gasteiger partial charge in [0.05, 0.1) is 32.9 Å². The minimum atomic E-state index is -4.99. The first-order chi connectivity index (χ1) is 18.0. The van der Waals surface area contributed by atoms with Gasteiger partial charge < -0.3 is 9.47 Å². The van der Waals surface area contributed by atoms with Gasteiger partial charge >= 0.3 is 12.1 Å². The zero-order valence-electron chi connectivity index (χ0n) is 19.7. The lowest BCUT2D eigenvalue weighted by Gasteiger charge is -2.26. The molecule has 2 heterocycles. The van der Waals surface area contributed by atoms with E-state index < -0.39 is 35.0 Å². The fraction of sp³-hybridized carbons (Fsp3) is 0.240. The summed E-state index contributed by atoms with van der Waals surface area (Å²) in [4.78, 5) is 30.1. The van der Waals surface area contributed by atoms with Gasteiger partial charge in [-0.25, -0.2) is 9.79 Å². The third-order valence-corrected chi connectivity index (χ3v) is 7.65. The van der Waals surface area contributed by atoms with E-state index in [1.807, 2.05) is 22.6 Å². The van der Waals surface area contributed by atoms with Crippen LogP contribution < -0.4 is 19.6 Å². The van der Waals surface area contributed by atoms with Gasteiger partial charge in [-0.05, 0) is 72.3 Å². The van der Waals surface area contributed by atoms with E-state index in [-0.39, 0.29) is 21.5 Å². The molecule has 13 heteroatoms. The highest BCUT2D eigenvalue weighted by molar-refractivity contribution is 14.1. The summed E-state index contributed by atoms with van der Waals surface area (Å²) >= 11 is 15.0. The molecule has 1 aromatic heterocycles. The minimum Gasteiger partial charge on any atom is -0.492 e. The predicted octanol–water partition coefficient (Wildman–Crippen LogP) is 5.65. The van der Waals surface area contributed by atoms with Crippen molar-refractivity contribution in [2.45, 2.75) is 26.1 Å². The molecule has 38 heavy (non-hydrogen) atoms. The van der Waals surface area contributed by atoms with Gasteiger partial charge in [-0.2, -0.15) is 13.2 Å². The standard InChI is InChI=1S/C25H18Cl2F3IN2O4S/c1-3-36-20-13(9-15(27)11-16(20)31)10-17-22(34)33-19(12-5-7-14(26)8-6-12)18(23(35)37-4-2)21(25(28,29)30)32-24(33)38-17/h5-11,19H,3-4H2,1-2H3/b17-10-/t19-/m0/s1. The summed E-state index contributed by atoms with van der Waals surface area (Å²) in [5, 5.41) is 0.720. The molecule has 0 fully saturated rings. The number of aromatic nitrogens is 1. The van der Waals surface area contributed by atoms with Gasteiger partial charge in [-0.1, -0.05) is 46.7 Å². The number of thiazole rings is 1. The van der Waals surface area contributed by atoms with Crippen LogP contribution in [-0.2, 0) is 9.53 Å². The van der Waals surface area contributed by atoms with Crippen LogP contribution in [0, 0.1) is 3.57 Å². The lowest BCUT2D eigenvalue weighted by atomic mass is 9.95. The van der Waals surface area contributed by atoms with Crippen LogP contribution in [0.5, 0.6) is 5.75 Å². The van der Waals surface area contributed by atoms with Crippen LogP contribution in [0.15, 0.2) is 57.5 Å². The van der Waals surface area contributed by atoms with Crippen molar-refractivity contribution in [3.05, 3.63) is 92.1 Å². The number of carbonyl (C=O) groups excluding carboxylic acids is 1. The highest BCUT2D eigenvalue weighted by Gasteiger charge is 2.45. The molecule has 0 amide bonds. The molecule has 0 saturated carbocycles. The summed E-state index contributed by atoms with van der Waals surface area (Å²) in [6, 6.07) is 7.66. The minimum absolute atomic E-state index is 0.0772. The van der Waals surface area contributed by atoms with E-state index in [0.29, 0.717) is 31.5 Å². The van der Waals surface area contributed by atoms with Crippen molar-refractivity contribution in [1.82, 2.24) is 4.57 Å². The normalized spacial score (nSPS) is 15.8. The molecule has 3 aromatic rings. The van der Waals surface area contributed by atoms with Crippen LogP contribution in [0.4, 0.5) is 13.2 Å². The molecular formula is C25H18Cl2F3IN2O4S. The maximum atomic E-state index is 14.2. The zero-order chi connectivity index (χ0) is 27.8. The van der Waals surface area contributed by atoms with Crippen LogP contribution in [0.1, 0.15) is 31.0 Å². The number of rotatable bonds is 6. The molecular weight excluding hydrogens is 679 g/mol. The number of hydrogen-bond acceptors (Lipinski definition) is 6. The van der Waals surface area contributed by atoms with Gasteiger partial charge in [0, 0.05) is 15.6 Å². The second-order valence-electron chi connectivity index (χ2n) is 7.85. The summed E-state index contributed by atoms with van der Waals surface area (Å²) < 4.78 is 55.2. The third-order valence-electron chi connectivity index (χ3n) is 5.39. The number of allylic oxidation sites excluding steroid dienone is 1. The number of nitrogens with zero attached hydrogens (tertiary/aromatic N) is 2. The number of carbonyl (C=O) groups is 1. The highest BCUT2D eigenvalue weighted by Crippen LogP contribution is 2.38. The SMILES string of the molecule is CCOC(=O)C1=C(C(F)(F)F)N=c2s/c(=C\c3cc(Cl)cc(I)c3OCC)c(=O)n2[C@H]1c1ccc(Cl)cc1. The number of benzene rings is 2. The molecule has 0 N–H and O–H groups in total. The second kappa shape index (κ2) is 11.4. The quantitative estimate of drug-likeness (QED) is 0.247. The van der Waals surface area contributed by atoms with Crippen molar-refractivity contribution in [2.75, 3.05) is 13.2 Å². The average molecular weight is 697 g/mol. The Morgan fingerprint density at radius 3 is 2.45 bits per heavy atom. The van der Waals surface area contributed by atoms with Gasteiger partial charge in [0.2, 0.25) is 0 Å². The van der Waals surface area contributed by atoms with Crippen molar-refractivity contribution in [3.63, 3.8) is 0 Å². The molecule has 0 unspecified atom stereocenters. The van der Waals surface area contributed by atoms with Crippen LogP contribution >= 0.6 is 57.1 Å². The number of alkyl halides is 3. The first-order valence-electron chi connectivity index (χ1n) is 11.1. The Hall–Kier alpha value is -2.35. The monoisotopic (exact) mass is 696 g/mol. The van der Waals surface area contributed by atoms with Gasteiger partial charge in [0.15, 0.2) is 10.5 Å². The maximum absolute atomic E-state index is 14.2. The van der Waals surface area contributed by atoms with Crippen molar-refractivity contribution < 1.29 is 27.4 Å². The van der Waals surface area contributed by atoms with E-state index in [1.54, 1.807) is 19.1 Å². The smallest absolute Gasteiger partial charge is 0.434 e. The summed E-state index contributed by atoms with van der Waals surface area (Å²) in [5.74, 6) is -0.749. The molecule has 0 saturated heterocycles. The number of ether oxygens (including phenoxy) is 2. The van der Waals surface area contributed by atoms with Gasteiger partial charge in [-0.3, -0.25) is 9.36 Å². The molecule has 1 aliphatic heterocycles. The molecule has 6 nitrogen and oxygen atoms in total. The average Bonchev–Trinajstić information content (AvgIpc) is 3.15. The van der Waals surface area contributed by atoms with E-state index in [2.05, 4.69) is 4.99 Å². The Labute approximate surface area is 242 Å². The van der Waals surface area contributed by atoms with E-state index >= 15 is 0 Å². The molecule has 4 rings (SSSR count). The Bertz CT molecular complexity index is 1620. The Kier molecular flexibility index (Phi) is 8.60.